The van der Waals surface area contributed by atoms with Crippen LogP contribution in [0.1, 0.15) is 22.4 Å². The average molecular weight is 369 g/mol. The first-order chi connectivity index (χ1) is 10.6. The van der Waals surface area contributed by atoms with Crippen LogP contribution in [0.5, 0.6) is 0 Å². The molecule has 0 N–H and O–H groups in total. The minimum atomic E-state index is 0. The predicted octanol–water partition coefficient (Wildman–Crippen LogP) is 1.12. The molecular weight excluding hydrogens is 348 g/mol. The highest BCUT2D eigenvalue weighted by Gasteiger charge is 2.24. The van der Waals surface area contributed by atoms with Crippen LogP contribution in [0.4, 0.5) is 5.69 Å². The molecule has 0 fully saturated rings. The normalized spacial score (nSPS) is 13.4. The minimum Gasteiger partial charge on any atom is -1.00 e. The van der Waals surface area contributed by atoms with E-state index < -0.39 is 0 Å². The summed E-state index contributed by atoms with van der Waals surface area (Å²) >= 11 is 0. The third-order valence-electron chi connectivity index (χ3n) is 4.72. The molecule has 0 saturated heterocycles. The van der Waals surface area contributed by atoms with E-state index >= 15 is 0 Å². The van der Waals surface area contributed by atoms with E-state index in [1.165, 1.54) is 39.0 Å². The van der Waals surface area contributed by atoms with E-state index in [-0.39, 0.29) is 17.0 Å². The molecule has 2 nitrogen and oxygen atoms in total. The Morgan fingerprint density at radius 1 is 1.00 bits per heavy atom. The van der Waals surface area contributed by atoms with Crippen LogP contribution in [-0.4, -0.2) is 21.9 Å². The first-order valence-electron chi connectivity index (χ1n) is 7.89. The van der Waals surface area contributed by atoms with Crippen molar-refractivity contribution in [2.75, 3.05) is 6.54 Å². The molecule has 0 unspecified atom stereocenters. The summed E-state index contributed by atoms with van der Waals surface area (Å²) in [6, 6.07) is 15.5. The molecule has 0 amide bonds. The van der Waals surface area contributed by atoms with Crippen molar-refractivity contribution in [3.8, 4) is 0 Å². The van der Waals surface area contributed by atoms with Gasteiger partial charge in [-0.2, -0.15) is 4.58 Å². The Balaban J connectivity index is 0.00000156. The fourth-order valence-electron chi connectivity index (χ4n) is 3.54. The molecule has 3 heteroatoms. The van der Waals surface area contributed by atoms with Crippen LogP contribution in [0.3, 0.4) is 0 Å². The number of fused-ring (bicyclic) bond motifs is 3. The molecule has 2 aromatic carbocycles. The molecule has 0 atom stereocenters. The van der Waals surface area contributed by atoms with Crippen molar-refractivity contribution >= 4 is 22.8 Å². The summed E-state index contributed by atoms with van der Waals surface area (Å²) < 4.78 is 4.70. The van der Waals surface area contributed by atoms with Gasteiger partial charge in [0, 0.05) is 36.5 Å². The largest absolute Gasteiger partial charge is 1.00 e. The molecule has 3 aromatic rings. The fourth-order valence-corrected chi connectivity index (χ4v) is 3.54. The van der Waals surface area contributed by atoms with Crippen LogP contribution < -0.4 is 17.0 Å². The van der Waals surface area contributed by atoms with Crippen molar-refractivity contribution in [3.05, 3.63) is 64.8 Å². The summed E-state index contributed by atoms with van der Waals surface area (Å²) in [5.41, 5.74) is 8.09. The fraction of sp³-hybridized carbons (Fsp3) is 0.250. The lowest BCUT2D eigenvalue weighted by Gasteiger charge is -2.10. The van der Waals surface area contributed by atoms with Crippen molar-refractivity contribution < 1.29 is 21.6 Å². The van der Waals surface area contributed by atoms with E-state index in [9.17, 15) is 0 Å². The molecule has 0 bridgehead atoms. The Kier molecular flexibility index (Phi) is 4.15. The van der Waals surface area contributed by atoms with Crippen LogP contribution in [0.2, 0.25) is 0 Å². The van der Waals surface area contributed by atoms with Gasteiger partial charge in [-0.1, -0.05) is 23.8 Å². The van der Waals surface area contributed by atoms with Gasteiger partial charge in [-0.25, -0.2) is 0 Å². The Morgan fingerprint density at radius 2 is 1.78 bits per heavy atom. The van der Waals surface area contributed by atoms with Gasteiger partial charge in [-0.05, 0) is 37.1 Å². The molecule has 1 aliphatic rings. The number of hydrogen-bond acceptors (Lipinski definition) is 0. The molecule has 4 rings (SSSR count). The van der Waals surface area contributed by atoms with Gasteiger partial charge in [0.15, 0.2) is 12.8 Å². The monoisotopic (exact) mass is 368 g/mol. The van der Waals surface area contributed by atoms with Gasteiger partial charge < -0.3 is 21.5 Å². The van der Waals surface area contributed by atoms with Crippen LogP contribution in [0, 0.1) is 13.8 Å². The summed E-state index contributed by atoms with van der Waals surface area (Å²) in [7, 11) is 2.17. The number of halogens is 1. The maximum absolute atomic E-state index is 2.38. The Hall–Kier alpha value is -1.87. The van der Waals surface area contributed by atoms with E-state index in [0.717, 1.165) is 13.0 Å². The number of rotatable bonds is 1. The zero-order valence-electron chi connectivity index (χ0n) is 13.8. The quantitative estimate of drug-likeness (QED) is 0.568. The number of nitrogens with zero attached hydrogens (tertiary/aromatic N) is 2. The van der Waals surface area contributed by atoms with Gasteiger partial charge in [0.1, 0.15) is 5.69 Å². The Labute approximate surface area is 147 Å². The van der Waals surface area contributed by atoms with Crippen molar-refractivity contribution in [2.45, 2.75) is 20.3 Å². The average Bonchev–Trinajstić information content (AvgIpc) is 2.79. The molecule has 1 aromatic heterocycles. The summed E-state index contributed by atoms with van der Waals surface area (Å²) in [6.07, 6.45) is 3.41. The first kappa shape index (κ1) is 16.0. The predicted molar refractivity (Wildman–Crippen MR) is 92.5 cm³/mol. The number of benzene rings is 2. The maximum Gasteiger partial charge on any atom is 0.205 e. The van der Waals surface area contributed by atoms with Crippen molar-refractivity contribution in [1.29, 1.82) is 0 Å². The zero-order valence-corrected chi connectivity index (χ0v) is 15.4. The molecular formula is C20H21BrN2. The summed E-state index contributed by atoms with van der Waals surface area (Å²) in [5, 5.41) is 1.41. The van der Waals surface area contributed by atoms with Crippen LogP contribution >= 0.6 is 0 Å². The van der Waals surface area contributed by atoms with Gasteiger partial charge in [-0.15, -0.1) is 0 Å². The summed E-state index contributed by atoms with van der Waals surface area (Å²) in [5.74, 6) is 0. The van der Waals surface area contributed by atoms with Crippen LogP contribution in [0.15, 0.2) is 42.5 Å². The van der Waals surface area contributed by atoms with Gasteiger partial charge in [-0.3, -0.25) is 0 Å². The van der Waals surface area contributed by atoms with E-state index in [1.54, 1.807) is 0 Å². The van der Waals surface area contributed by atoms with Crippen molar-refractivity contribution in [2.24, 2.45) is 7.05 Å². The van der Waals surface area contributed by atoms with E-state index in [0.29, 0.717) is 0 Å². The number of hydrogen-bond donors (Lipinski definition) is 0. The second-order valence-corrected chi connectivity index (χ2v) is 6.35. The van der Waals surface area contributed by atoms with E-state index in [1.807, 2.05) is 0 Å². The summed E-state index contributed by atoms with van der Waals surface area (Å²) in [4.78, 5) is 0. The maximum atomic E-state index is 2.38. The molecule has 23 heavy (non-hydrogen) atoms. The third kappa shape index (κ3) is 2.63. The highest BCUT2D eigenvalue weighted by molar-refractivity contribution is 5.94. The number of aromatic nitrogens is 1. The van der Waals surface area contributed by atoms with Crippen molar-refractivity contribution in [1.82, 2.24) is 4.57 Å². The van der Waals surface area contributed by atoms with Gasteiger partial charge >= 0.3 is 0 Å². The molecule has 118 valence electrons. The first-order valence-corrected chi connectivity index (χ1v) is 7.89. The molecule has 0 spiro atoms. The number of aryl methyl sites for hydroxylation is 3. The topological polar surface area (TPSA) is 7.94 Å². The SMILES string of the molecule is Cc1cccc([N+]2=Cc3c(c4cc(C)ccc4n3C)CC2)c1.[Br-]. The Morgan fingerprint density at radius 3 is 2.57 bits per heavy atom. The van der Waals surface area contributed by atoms with E-state index in [4.69, 9.17) is 0 Å². The minimum absolute atomic E-state index is 0. The van der Waals surface area contributed by atoms with Crippen LogP contribution in [-0.2, 0) is 13.5 Å². The molecule has 0 aliphatic carbocycles. The third-order valence-corrected chi connectivity index (χ3v) is 4.72. The van der Waals surface area contributed by atoms with Gasteiger partial charge in [0.25, 0.3) is 0 Å². The van der Waals surface area contributed by atoms with Crippen LogP contribution in [0.25, 0.3) is 10.9 Å². The highest BCUT2D eigenvalue weighted by Crippen LogP contribution is 2.29. The lowest BCUT2D eigenvalue weighted by Crippen LogP contribution is -3.00. The van der Waals surface area contributed by atoms with Crippen molar-refractivity contribution in [3.63, 3.8) is 0 Å². The molecule has 0 saturated carbocycles. The Bertz CT molecular complexity index is 919. The van der Waals surface area contributed by atoms with Gasteiger partial charge in [0.2, 0.25) is 5.69 Å². The summed E-state index contributed by atoms with van der Waals surface area (Å²) in [6.45, 7) is 5.37. The van der Waals surface area contributed by atoms with E-state index in [2.05, 4.69) is 78.7 Å². The standard InChI is InChI=1S/C20H21N2.BrH/c1-14-5-4-6-16(11-14)22-10-9-17-18-12-15(2)7-8-19(18)21(3)20(17)13-22;/h4-8,11-13H,9-10H2,1-3H3;1H/q+1;/p-1. The molecule has 0 radical (unpaired) electrons. The lowest BCUT2D eigenvalue weighted by atomic mass is 10.0. The zero-order chi connectivity index (χ0) is 15.3. The smallest absolute Gasteiger partial charge is 0.205 e. The van der Waals surface area contributed by atoms with Gasteiger partial charge in [0.05, 0.1) is 0 Å². The lowest BCUT2D eigenvalue weighted by molar-refractivity contribution is -0.436. The molecule has 2 heterocycles. The molecule has 1 aliphatic heterocycles. The highest BCUT2D eigenvalue weighted by atomic mass is 79.9. The second kappa shape index (κ2) is 5.97. The second-order valence-electron chi connectivity index (χ2n) is 6.35.